The van der Waals surface area contributed by atoms with Crippen molar-refractivity contribution in [3.8, 4) is 5.75 Å². The van der Waals surface area contributed by atoms with E-state index in [1.54, 1.807) is 13.3 Å². The first-order valence-corrected chi connectivity index (χ1v) is 6.78. The summed E-state index contributed by atoms with van der Waals surface area (Å²) in [5.74, 6) is 0.765. The summed E-state index contributed by atoms with van der Waals surface area (Å²) in [7, 11) is 1.62. The first-order chi connectivity index (χ1) is 9.79. The third-order valence-electron chi connectivity index (χ3n) is 3.15. The standard InChI is InChI=1S/C15H21N3O2/c1-20-14-5-2-4-13(10-14)15(19)11-16-6-3-8-18-9-7-17-12-18/h2,4-5,7,9-10,12,15-16,19H,3,6,8,11H2,1H3. The summed E-state index contributed by atoms with van der Waals surface area (Å²) in [6.45, 7) is 2.33. The Morgan fingerprint density at radius 3 is 3.10 bits per heavy atom. The van der Waals surface area contributed by atoms with E-state index >= 15 is 0 Å². The van der Waals surface area contributed by atoms with Gasteiger partial charge in [0.25, 0.3) is 0 Å². The van der Waals surface area contributed by atoms with Gasteiger partial charge in [-0.25, -0.2) is 4.98 Å². The van der Waals surface area contributed by atoms with Crippen LogP contribution in [0.4, 0.5) is 0 Å². The minimum atomic E-state index is -0.515. The summed E-state index contributed by atoms with van der Waals surface area (Å²) in [6.07, 6.45) is 6.02. The number of aromatic nitrogens is 2. The number of ether oxygens (including phenoxy) is 1. The summed E-state index contributed by atoms with van der Waals surface area (Å²) in [6, 6.07) is 7.52. The van der Waals surface area contributed by atoms with Gasteiger partial charge >= 0.3 is 0 Å². The van der Waals surface area contributed by atoms with Crippen molar-refractivity contribution in [3.63, 3.8) is 0 Å². The van der Waals surface area contributed by atoms with E-state index in [0.29, 0.717) is 6.54 Å². The molecule has 0 aliphatic rings. The number of hydrogen-bond donors (Lipinski definition) is 2. The van der Waals surface area contributed by atoms with Crippen LogP contribution in [0.5, 0.6) is 5.75 Å². The Morgan fingerprint density at radius 2 is 2.35 bits per heavy atom. The maximum atomic E-state index is 10.1. The van der Waals surface area contributed by atoms with Crippen molar-refractivity contribution in [1.29, 1.82) is 0 Å². The van der Waals surface area contributed by atoms with Gasteiger partial charge in [0.15, 0.2) is 0 Å². The molecular weight excluding hydrogens is 254 g/mol. The SMILES string of the molecule is COc1cccc(C(O)CNCCCn2ccnc2)c1. The third-order valence-corrected chi connectivity index (χ3v) is 3.15. The molecule has 0 aliphatic carbocycles. The molecule has 0 saturated carbocycles. The Bertz CT molecular complexity index is 500. The zero-order valence-electron chi connectivity index (χ0n) is 11.7. The van der Waals surface area contributed by atoms with Gasteiger partial charge in [-0.15, -0.1) is 0 Å². The minimum Gasteiger partial charge on any atom is -0.497 e. The number of methoxy groups -OCH3 is 1. The lowest BCUT2D eigenvalue weighted by atomic mass is 10.1. The van der Waals surface area contributed by atoms with Gasteiger partial charge in [0.1, 0.15) is 5.75 Å². The molecule has 5 heteroatoms. The summed E-state index contributed by atoms with van der Waals surface area (Å²) >= 11 is 0. The fraction of sp³-hybridized carbons (Fsp3) is 0.400. The lowest BCUT2D eigenvalue weighted by Gasteiger charge is -2.13. The van der Waals surface area contributed by atoms with E-state index in [1.165, 1.54) is 0 Å². The molecule has 0 radical (unpaired) electrons. The van der Waals surface area contributed by atoms with Crippen LogP contribution in [0.25, 0.3) is 0 Å². The minimum absolute atomic E-state index is 0.515. The molecule has 108 valence electrons. The lowest BCUT2D eigenvalue weighted by molar-refractivity contribution is 0.174. The van der Waals surface area contributed by atoms with Crippen molar-refractivity contribution in [3.05, 3.63) is 48.5 Å². The van der Waals surface area contributed by atoms with Crippen LogP contribution in [0, 0.1) is 0 Å². The molecule has 0 spiro atoms. The quantitative estimate of drug-likeness (QED) is 0.719. The van der Waals surface area contributed by atoms with Gasteiger partial charge in [0, 0.05) is 25.5 Å². The molecule has 1 atom stereocenters. The fourth-order valence-corrected chi connectivity index (χ4v) is 2.01. The second-order valence-corrected chi connectivity index (χ2v) is 4.65. The average molecular weight is 275 g/mol. The molecule has 5 nitrogen and oxygen atoms in total. The molecule has 1 aromatic carbocycles. The van der Waals surface area contributed by atoms with E-state index in [-0.39, 0.29) is 0 Å². The number of nitrogens with one attached hydrogen (secondary N) is 1. The molecule has 20 heavy (non-hydrogen) atoms. The predicted octanol–water partition coefficient (Wildman–Crippen LogP) is 1.60. The molecule has 1 unspecified atom stereocenters. The first-order valence-electron chi connectivity index (χ1n) is 6.78. The number of hydrogen-bond acceptors (Lipinski definition) is 4. The molecule has 0 amide bonds. The van der Waals surface area contributed by atoms with Crippen molar-refractivity contribution in [1.82, 2.24) is 14.9 Å². The highest BCUT2D eigenvalue weighted by Crippen LogP contribution is 2.18. The van der Waals surface area contributed by atoms with Crippen LogP contribution in [0.15, 0.2) is 43.0 Å². The molecule has 0 bridgehead atoms. The molecule has 0 aliphatic heterocycles. The summed E-state index contributed by atoms with van der Waals surface area (Å²) < 4.78 is 7.19. The second-order valence-electron chi connectivity index (χ2n) is 4.65. The smallest absolute Gasteiger partial charge is 0.119 e. The number of aliphatic hydroxyl groups excluding tert-OH is 1. The predicted molar refractivity (Wildman–Crippen MR) is 77.7 cm³/mol. The van der Waals surface area contributed by atoms with Crippen molar-refractivity contribution in [2.24, 2.45) is 0 Å². The first kappa shape index (κ1) is 14.6. The Labute approximate surface area is 119 Å². The molecular formula is C15H21N3O2. The normalized spacial score (nSPS) is 12.3. The summed E-state index contributed by atoms with van der Waals surface area (Å²) in [5, 5.41) is 13.3. The number of rotatable bonds is 8. The van der Waals surface area contributed by atoms with Crippen molar-refractivity contribution >= 4 is 0 Å². The van der Waals surface area contributed by atoms with Crippen LogP contribution in [0.3, 0.4) is 0 Å². The molecule has 2 aromatic rings. The van der Waals surface area contributed by atoms with Gasteiger partial charge in [-0.1, -0.05) is 12.1 Å². The molecule has 2 rings (SSSR count). The second kappa shape index (κ2) is 7.67. The van der Waals surface area contributed by atoms with E-state index in [0.717, 1.165) is 30.8 Å². The summed E-state index contributed by atoms with van der Waals surface area (Å²) in [4.78, 5) is 4.00. The highest BCUT2D eigenvalue weighted by molar-refractivity contribution is 5.29. The van der Waals surface area contributed by atoms with Crippen molar-refractivity contribution in [2.45, 2.75) is 19.1 Å². The van der Waals surface area contributed by atoms with Gasteiger partial charge in [-0.2, -0.15) is 0 Å². The van der Waals surface area contributed by atoms with Crippen LogP contribution in [0.2, 0.25) is 0 Å². The van der Waals surface area contributed by atoms with E-state index in [2.05, 4.69) is 10.3 Å². The highest BCUT2D eigenvalue weighted by Gasteiger charge is 2.07. The Kier molecular flexibility index (Phi) is 5.58. The zero-order chi connectivity index (χ0) is 14.2. The average Bonchev–Trinajstić information content (AvgIpc) is 3.00. The van der Waals surface area contributed by atoms with Gasteiger partial charge in [-0.05, 0) is 30.7 Å². The Morgan fingerprint density at radius 1 is 1.45 bits per heavy atom. The van der Waals surface area contributed by atoms with Crippen LogP contribution >= 0.6 is 0 Å². The maximum Gasteiger partial charge on any atom is 0.119 e. The monoisotopic (exact) mass is 275 g/mol. The molecule has 0 fully saturated rings. The van der Waals surface area contributed by atoms with Gasteiger partial charge < -0.3 is 19.7 Å². The van der Waals surface area contributed by atoms with Crippen LogP contribution in [-0.2, 0) is 6.54 Å². The largest absolute Gasteiger partial charge is 0.497 e. The number of aryl methyl sites for hydroxylation is 1. The fourth-order valence-electron chi connectivity index (χ4n) is 2.01. The van der Waals surface area contributed by atoms with Gasteiger partial charge in [-0.3, -0.25) is 0 Å². The number of aliphatic hydroxyl groups is 1. The van der Waals surface area contributed by atoms with E-state index in [4.69, 9.17) is 4.74 Å². The highest BCUT2D eigenvalue weighted by atomic mass is 16.5. The van der Waals surface area contributed by atoms with Crippen LogP contribution < -0.4 is 10.1 Å². The van der Waals surface area contributed by atoms with Crippen LogP contribution in [0.1, 0.15) is 18.1 Å². The lowest BCUT2D eigenvalue weighted by Crippen LogP contribution is -2.23. The number of benzene rings is 1. The van der Waals surface area contributed by atoms with Gasteiger partial charge in [0.2, 0.25) is 0 Å². The third kappa shape index (κ3) is 4.36. The maximum absolute atomic E-state index is 10.1. The topological polar surface area (TPSA) is 59.3 Å². The molecule has 1 heterocycles. The Balaban J connectivity index is 1.68. The molecule has 2 N–H and O–H groups in total. The zero-order valence-corrected chi connectivity index (χ0v) is 11.7. The van der Waals surface area contributed by atoms with E-state index in [1.807, 2.05) is 41.4 Å². The Hall–Kier alpha value is -1.85. The van der Waals surface area contributed by atoms with E-state index < -0.39 is 6.10 Å². The van der Waals surface area contributed by atoms with E-state index in [9.17, 15) is 5.11 Å². The van der Waals surface area contributed by atoms with Crippen molar-refractivity contribution in [2.75, 3.05) is 20.2 Å². The van der Waals surface area contributed by atoms with Crippen molar-refractivity contribution < 1.29 is 9.84 Å². The van der Waals surface area contributed by atoms with Gasteiger partial charge in [0.05, 0.1) is 19.5 Å². The number of imidazole rings is 1. The molecule has 0 saturated heterocycles. The number of nitrogens with zero attached hydrogens (tertiary/aromatic N) is 2. The molecule has 1 aromatic heterocycles. The summed E-state index contributed by atoms with van der Waals surface area (Å²) in [5.41, 5.74) is 0.867. The van der Waals surface area contributed by atoms with Crippen LogP contribution in [-0.4, -0.2) is 34.9 Å².